The number of benzene rings is 1. The Morgan fingerprint density at radius 2 is 1.88 bits per heavy atom. The van der Waals surface area contributed by atoms with Crippen molar-refractivity contribution in [2.24, 2.45) is 0 Å². The van der Waals surface area contributed by atoms with Gasteiger partial charge in [-0.15, -0.1) is 0 Å². The van der Waals surface area contributed by atoms with Crippen LogP contribution in [0.15, 0.2) is 12.1 Å². The minimum Gasteiger partial charge on any atom is -0.398 e. The summed E-state index contributed by atoms with van der Waals surface area (Å²) in [5, 5.41) is 0.471. The van der Waals surface area contributed by atoms with Gasteiger partial charge in [-0.25, -0.2) is 13.8 Å². The second-order valence-electron chi connectivity index (χ2n) is 4.44. The molecule has 2 rings (SSSR count). The number of nitrogen functional groups attached to an aromatic ring is 1. The predicted octanol–water partition coefficient (Wildman–Crippen LogP) is 3.53. The Kier molecular flexibility index (Phi) is 2.73. The molecule has 4 heteroatoms. The maximum Gasteiger partial charge on any atom is 0.185 e. The maximum atomic E-state index is 13.6. The summed E-state index contributed by atoms with van der Waals surface area (Å²) in [5.74, 6) is -1.64. The third kappa shape index (κ3) is 1.73. The molecule has 1 heterocycles. The Morgan fingerprint density at radius 3 is 2.47 bits per heavy atom. The summed E-state index contributed by atoms with van der Waals surface area (Å²) < 4.78 is 26.7. The number of nitrogens with zero attached hydrogens (tertiary/aromatic N) is 1. The van der Waals surface area contributed by atoms with Crippen molar-refractivity contribution in [1.29, 1.82) is 0 Å². The minimum absolute atomic E-state index is 0.00407. The maximum absolute atomic E-state index is 13.6. The van der Waals surface area contributed by atoms with Gasteiger partial charge in [0.1, 0.15) is 5.52 Å². The fourth-order valence-corrected chi connectivity index (χ4v) is 2.16. The van der Waals surface area contributed by atoms with Crippen LogP contribution in [0.5, 0.6) is 0 Å². The van der Waals surface area contributed by atoms with Crippen molar-refractivity contribution in [3.05, 3.63) is 35.0 Å². The summed E-state index contributed by atoms with van der Waals surface area (Å²) in [5.41, 5.74) is 8.04. The number of anilines is 1. The predicted molar refractivity (Wildman–Crippen MR) is 64.9 cm³/mol. The number of fused-ring (bicyclic) bond motifs is 1. The van der Waals surface area contributed by atoms with Crippen LogP contribution < -0.4 is 5.73 Å². The fourth-order valence-electron chi connectivity index (χ4n) is 2.16. The van der Waals surface area contributed by atoms with Crippen LogP contribution in [0.25, 0.3) is 10.9 Å². The van der Waals surface area contributed by atoms with Crippen LogP contribution in [0.4, 0.5) is 14.5 Å². The molecule has 2 nitrogen and oxygen atoms in total. The number of nitrogens with two attached hydrogens (primary N) is 1. The van der Waals surface area contributed by atoms with Crippen molar-refractivity contribution in [2.75, 3.05) is 5.73 Å². The average molecular weight is 236 g/mol. The smallest absolute Gasteiger partial charge is 0.185 e. The van der Waals surface area contributed by atoms with E-state index in [0.717, 1.165) is 11.6 Å². The first-order valence-corrected chi connectivity index (χ1v) is 5.47. The molecule has 0 fully saturated rings. The van der Waals surface area contributed by atoms with E-state index in [1.54, 1.807) is 6.92 Å². The molecule has 1 aromatic heterocycles. The molecule has 0 amide bonds. The highest BCUT2D eigenvalue weighted by Crippen LogP contribution is 2.32. The number of pyridine rings is 1. The van der Waals surface area contributed by atoms with E-state index in [1.165, 1.54) is 6.07 Å². The quantitative estimate of drug-likeness (QED) is 0.822. The Bertz CT molecular complexity index is 592. The zero-order chi connectivity index (χ0) is 12.7. The molecule has 0 spiro atoms. The van der Waals surface area contributed by atoms with E-state index in [-0.39, 0.29) is 11.4 Å². The van der Waals surface area contributed by atoms with Crippen LogP contribution in [0.1, 0.15) is 31.0 Å². The lowest BCUT2D eigenvalue weighted by molar-refractivity contribution is 0.515. The van der Waals surface area contributed by atoms with Gasteiger partial charge < -0.3 is 5.73 Å². The van der Waals surface area contributed by atoms with Crippen LogP contribution >= 0.6 is 0 Å². The van der Waals surface area contributed by atoms with Crippen molar-refractivity contribution in [2.45, 2.75) is 26.7 Å². The van der Waals surface area contributed by atoms with Gasteiger partial charge in [-0.05, 0) is 30.5 Å². The van der Waals surface area contributed by atoms with Gasteiger partial charge in [0.05, 0.1) is 0 Å². The molecule has 17 heavy (non-hydrogen) atoms. The Hall–Kier alpha value is -1.71. The molecular formula is C13H14F2N2. The zero-order valence-electron chi connectivity index (χ0n) is 10.0. The Labute approximate surface area is 98.5 Å². The molecule has 0 saturated carbocycles. The van der Waals surface area contributed by atoms with Crippen molar-refractivity contribution in [1.82, 2.24) is 4.98 Å². The second-order valence-corrected chi connectivity index (χ2v) is 4.44. The molecule has 0 atom stereocenters. The molecule has 0 aliphatic heterocycles. The van der Waals surface area contributed by atoms with E-state index >= 15 is 0 Å². The first-order valence-electron chi connectivity index (χ1n) is 5.47. The molecular weight excluding hydrogens is 222 g/mol. The average Bonchev–Trinajstić information content (AvgIpc) is 2.23. The van der Waals surface area contributed by atoms with Crippen LogP contribution in [0.2, 0.25) is 0 Å². The molecule has 0 aliphatic rings. The summed E-state index contributed by atoms with van der Waals surface area (Å²) in [6.07, 6.45) is 0. The number of hydrogen-bond acceptors (Lipinski definition) is 2. The lowest BCUT2D eigenvalue weighted by Crippen LogP contribution is -2.04. The number of aromatic nitrogens is 1. The summed E-state index contributed by atoms with van der Waals surface area (Å²) in [7, 11) is 0. The number of halogens is 2. The third-order valence-corrected chi connectivity index (χ3v) is 2.90. The number of aryl methyl sites for hydroxylation is 1. The lowest BCUT2D eigenvalue weighted by atomic mass is 9.97. The lowest BCUT2D eigenvalue weighted by Gasteiger charge is -2.15. The van der Waals surface area contributed by atoms with Gasteiger partial charge >= 0.3 is 0 Å². The molecule has 0 saturated heterocycles. The fraction of sp³-hybridized carbons (Fsp3) is 0.308. The van der Waals surface area contributed by atoms with Crippen molar-refractivity contribution in [3.63, 3.8) is 0 Å². The van der Waals surface area contributed by atoms with Crippen LogP contribution in [0.3, 0.4) is 0 Å². The summed E-state index contributed by atoms with van der Waals surface area (Å²) in [6.45, 7) is 5.74. The summed E-state index contributed by atoms with van der Waals surface area (Å²) in [6, 6.07) is 2.55. The van der Waals surface area contributed by atoms with Gasteiger partial charge in [0.25, 0.3) is 0 Å². The molecule has 0 radical (unpaired) electrons. The summed E-state index contributed by atoms with van der Waals surface area (Å²) >= 11 is 0. The highest BCUT2D eigenvalue weighted by molar-refractivity contribution is 5.92. The molecule has 0 unspecified atom stereocenters. The van der Waals surface area contributed by atoms with E-state index in [4.69, 9.17) is 5.73 Å². The monoisotopic (exact) mass is 236 g/mol. The zero-order valence-corrected chi connectivity index (χ0v) is 10.0. The van der Waals surface area contributed by atoms with Gasteiger partial charge in [-0.2, -0.15) is 0 Å². The van der Waals surface area contributed by atoms with Gasteiger partial charge in [0.2, 0.25) is 0 Å². The first-order chi connectivity index (χ1) is 7.93. The minimum atomic E-state index is -0.937. The van der Waals surface area contributed by atoms with Gasteiger partial charge in [-0.3, -0.25) is 0 Å². The van der Waals surface area contributed by atoms with E-state index in [9.17, 15) is 8.78 Å². The van der Waals surface area contributed by atoms with Gasteiger partial charge in [0.15, 0.2) is 11.6 Å². The Balaban J connectivity index is 2.91. The van der Waals surface area contributed by atoms with E-state index in [0.29, 0.717) is 16.8 Å². The topological polar surface area (TPSA) is 38.9 Å². The third-order valence-electron chi connectivity index (χ3n) is 2.90. The first kappa shape index (κ1) is 11.8. The number of rotatable bonds is 1. The standard InChI is InChI=1S/C13H14F2N2/c1-6(2)10-7(3)17-13-8(12(10)16)4-5-9(14)11(13)15/h4-6H,1-3H3,(H2,16,17). The molecule has 90 valence electrons. The largest absolute Gasteiger partial charge is 0.398 e. The summed E-state index contributed by atoms with van der Waals surface area (Å²) in [4.78, 5) is 4.12. The second kappa shape index (κ2) is 3.95. The highest BCUT2D eigenvalue weighted by atomic mass is 19.2. The van der Waals surface area contributed by atoms with Crippen molar-refractivity contribution >= 4 is 16.6 Å². The van der Waals surface area contributed by atoms with Gasteiger partial charge in [0, 0.05) is 16.8 Å². The van der Waals surface area contributed by atoms with E-state index in [2.05, 4.69) is 4.98 Å². The van der Waals surface area contributed by atoms with Crippen LogP contribution in [-0.4, -0.2) is 4.98 Å². The van der Waals surface area contributed by atoms with Gasteiger partial charge in [-0.1, -0.05) is 13.8 Å². The van der Waals surface area contributed by atoms with E-state index in [1.807, 2.05) is 13.8 Å². The van der Waals surface area contributed by atoms with E-state index < -0.39 is 11.6 Å². The molecule has 2 aromatic rings. The normalized spacial score (nSPS) is 11.4. The van der Waals surface area contributed by atoms with Crippen molar-refractivity contribution in [3.8, 4) is 0 Å². The molecule has 0 bridgehead atoms. The SMILES string of the molecule is Cc1nc2c(F)c(F)ccc2c(N)c1C(C)C. The molecule has 1 aromatic carbocycles. The number of hydrogen-bond donors (Lipinski definition) is 1. The molecule has 2 N–H and O–H groups in total. The van der Waals surface area contributed by atoms with Crippen molar-refractivity contribution < 1.29 is 8.78 Å². The van der Waals surface area contributed by atoms with Crippen LogP contribution in [0, 0.1) is 18.6 Å². The van der Waals surface area contributed by atoms with Crippen LogP contribution in [-0.2, 0) is 0 Å². The Morgan fingerprint density at radius 1 is 1.24 bits per heavy atom. The highest BCUT2D eigenvalue weighted by Gasteiger charge is 2.17. The molecule has 0 aliphatic carbocycles.